The fraction of sp³-hybridized carbons (Fsp3) is 0.286. The molecule has 2 aromatic rings. The van der Waals surface area contributed by atoms with E-state index in [2.05, 4.69) is 4.72 Å². The van der Waals surface area contributed by atoms with Gasteiger partial charge in [0.1, 0.15) is 10.6 Å². The number of aliphatic hydroxyl groups is 1. The molecule has 0 amide bonds. The summed E-state index contributed by atoms with van der Waals surface area (Å²) >= 11 is 0. The van der Waals surface area contributed by atoms with E-state index in [1.54, 1.807) is 36.9 Å². The Hall–Kier alpha value is -1.99. The first kappa shape index (κ1) is 15.4. The van der Waals surface area contributed by atoms with Crippen LogP contribution >= 0.6 is 0 Å². The number of aryl methyl sites for hydroxylation is 2. The van der Waals surface area contributed by atoms with Crippen molar-refractivity contribution in [3.8, 4) is 5.75 Å². The van der Waals surface area contributed by atoms with Crippen molar-refractivity contribution in [2.24, 2.45) is 7.05 Å². The van der Waals surface area contributed by atoms with E-state index in [-0.39, 0.29) is 11.5 Å². The van der Waals surface area contributed by atoms with Crippen LogP contribution in [-0.2, 0) is 23.7 Å². The van der Waals surface area contributed by atoms with E-state index in [1.807, 2.05) is 6.92 Å². The Kier molecular flexibility index (Phi) is 4.24. The van der Waals surface area contributed by atoms with Gasteiger partial charge in [-0.1, -0.05) is 0 Å². The first-order valence-electron chi connectivity index (χ1n) is 6.31. The number of anilines is 1. The summed E-state index contributed by atoms with van der Waals surface area (Å²) in [6, 6.07) is 6.49. The number of sulfonamides is 1. The summed E-state index contributed by atoms with van der Waals surface area (Å²) in [6.07, 6.45) is 1.46. The van der Waals surface area contributed by atoms with Crippen LogP contribution in [0.15, 0.2) is 35.4 Å². The third-order valence-corrected chi connectivity index (χ3v) is 4.55. The quantitative estimate of drug-likeness (QED) is 0.879. The van der Waals surface area contributed by atoms with Crippen LogP contribution in [0.3, 0.4) is 0 Å². The number of rotatable bonds is 5. The van der Waals surface area contributed by atoms with E-state index < -0.39 is 10.0 Å². The van der Waals surface area contributed by atoms with Gasteiger partial charge >= 0.3 is 0 Å². The summed E-state index contributed by atoms with van der Waals surface area (Å²) in [5.41, 5.74) is 1.82. The molecule has 0 bridgehead atoms. The average molecular weight is 310 g/mol. The van der Waals surface area contributed by atoms with E-state index >= 15 is 0 Å². The molecule has 0 fully saturated rings. The van der Waals surface area contributed by atoms with Crippen LogP contribution in [0.25, 0.3) is 0 Å². The van der Waals surface area contributed by atoms with Gasteiger partial charge in [0, 0.05) is 24.6 Å². The summed E-state index contributed by atoms with van der Waals surface area (Å²) in [5.74, 6) is 0.695. The second kappa shape index (κ2) is 5.79. The largest absolute Gasteiger partial charge is 0.496 e. The number of nitrogens with one attached hydrogen (secondary N) is 1. The van der Waals surface area contributed by atoms with Gasteiger partial charge in [0.05, 0.1) is 13.7 Å². The molecule has 0 radical (unpaired) electrons. The summed E-state index contributed by atoms with van der Waals surface area (Å²) in [5, 5.41) is 9.13. The maximum Gasteiger partial charge on any atom is 0.263 e. The molecule has 21 heavy (non-hydrogen) atoms. The molecule has 0 aliphatic rings. The Morgan fingerprint density at radius 3 is 2.57 bits per heavy atom. The molecule has 0 unspecified atom stereocenters. The van der Waals surface area contributed by atoms with Crippen LogP contribution in [0.5, 0.6) is 5.75 Å². The van der Waals surface area contributed by atoms with Crippen LogP contribution in [0, 0.1) is 6.92 Å². The number of aliphatic hydroxyl groups excluding tert-OH is 1. The van der Waals surface area contributed by atoms with E-state index in [0.29, 0.717) is 17.1 Å². The van der Waals surface area contributed by atoms with Gasteiger partial charge in [-0.05, 0) is 36.8 Å². The van der Waals surface area contributed by atoms with E-state index in [1.165, 1.54) is 12.3 Å². The van der Waals surface area contributed by atoms with Crippen LogP contribution in [0.2, 0.25) is 0 Å². The molecule has 0 saturated carbocycles. The molecule has 1 heterocycles. The lowest BCUT2D eigenvalue weighted by atomic mass is 10.2. The van der Waals surface area contributed by atoms with Gasteiger partial charge in [-0.3, -0.25) is 4.72 Å². The first-order valence-corrected chi connectivity index (χ1v) is 7.79. The zero-order valence-corrected chi connectivity index (χ0v) is 12.9. The van der Waals surface area contributed by atoms with Gasteiger partial charge in [-0.2, -0.15) is 0 Å². The molecule has 0 aliphatic carbocycles. The number of hydrogen-bond donors (Lipinski definition) is 2. The number of methoxy groups -OCH3 is 1. The van der Waals surface area contributed by atoms with Crippen molar-refractivity contribution in [1.29, 1.82) is 0 Å². The van der Waals surface area contributed by atoms with Crippen LogP contribution < -0.4 is 9.46 Å². The van der Waals surface area contributed by atoms with Gasteiger partial charge in [-0.15, -0.1) is 0 Å². The Labute approximate surface area is 124 Å². The molecule has 1 aromatic heterocycles. The predicted molar refractivity (Wildman–Crippen MR) is 79.9 cm³/mol. The third-order valence-electron chi connectivity index (χ3n) is 3.20. The molecule has 0 atom stereocenters. The lowest BCUT2D eigenvalue weighted by molar-refractivity contribution is 0.272. The second-order valence-electron chi connectivity index (χ2n) is 4.73. The third kappa shape index (κ3) is 3.20. The monoisotopic (exact) mass is 310 g/mol. The minimum Gasteiger partial charge on any atom is -0.496 e. The van der Waals surface area contributed by atoms with Crippen molar-refractivity contribution >= 4 is 15.7 Å². The molecular weight excluding hydrogens is 292 g/mol. The lowest BCUT2D eigenvalue weighted by Crippen LogP contribution is -2.12. The Morgan fingerprint density at radius 2 is 2.05 bits per heavy atom. The fourth-order valence-electron chi connectivity index (χ4n) is 2.04. The SMILES string of the molecule is COc1ccc(NS(=O)(=O)c2cc(CO)n(C)c2)cc1C. The van der Waals surface area contributed by atoms with Crippen LogP contribution in [0.4, 0.5) is 5.69 Å². The summed E-state index contributed by atoms with van der Waals surface area (Å²) < 4.78 is 33.9. The van der Waals surface area contributed by atoms with Gasteiger partial charge in [0.2, 0.25) is 0 Å². The first-order chi connectivity index (χ1) is 9.87. The predicted octanol–water partition coefficient (Wildman–Crippen LogP) is 1.64. The van der Waals surface area contributed by atoms with Crippen molar-refractivity contribution < 1.29 is 18.3 Å². The minimum absolute atomic E-state index is 0.113. The Balaban J connectivity index is 2.30. The highest BCUT2D eigenvalue weighted by molar-refractivity contribution is 7.92. The highest BCUT2D eigenvalue weighted by Gasteiger charge is 2.18. The molecule has 7 heteroatoms. The summed E-state index contributed by atoms with van der Waals surface area (Å²) in [7, 11) is -0.439. The maximum atomic E-state index is 12.3. The topological polar surface area (TPSA) is 80.6 Å². The van der Waals surface area contributed by atoms with Crippen LogP contribution in [0.1, 0.15) is 11.3 Å². The standard InChI is InChI=1S/C14H18N2O4S/c1-10-6-11(4-5-14(10)20-3)15-21(18,19)13-7-12(9-17)16(2)8-13/h4-8,15,17H,9H2,1-3H3. The smallest absolute Gasteiger partial charge is 0.263 e. The van der Waals surface area contributed by atoms with Crippen LogP contribution in [-0.4, -0.2) is 25.2 Å². The highest BCUT2D eigenvalue weighted by Crippen LogP contribution is 2.24. The van der Waals surface area contributed by atoms with E-state index in [4.69, 9.17) is 9.84 Å². The Morgan fingerprint density at radius 1 is 1.33 bits per heavy atom. The highest BCUT2D eigenvalue weighted by atomic mass is 32.2. The second-order valence-corrected chi connectivity index (χ2v) is 6.41. The van der Waals surface area contributed by atoms with E-state index in [0.717, 1.165) is 5.56 Å². The molecular formula is C14H18N2O4S. The fourth-order valence-corrected chi connectivity index (χ4v) is 3.18. The van der Waals surface area contributed by atoms with Gasteiger partial charge < -0.3 is 14.4 Å². The number of hydrogen-bond acceptors (Lipinski definition) is 4. The number of benzene rings is 1. The Bertz CT molecular complexity index is 750. The van der Waals surface area contributed by atoms with Gasteiger partial charge in [0.15, 0.2) is 0 Å². The average Bonchev–Trinajstić information content (AvgIpc) is 2.80. The number of ether oxygens (including phenoxy) is 1. The van der Waals surface area contributed by atoms with Gasteiger partial charge in [0.25, 0.3) is 10.0 Å². The molecule has 0 aliphatic heterocycles. The molecule has 6 nitrogen and oxygen atoms in total. The van der Waals surface area contributed by atoms with Crippen molar-refractivity contribution in [2.45, 2.75) is 18.4 Å². The normalized spacial score (nSPS) is 11.4. The van der Waals surface area contributed by atoms with Crippen molar-refractivity contribution in [3.05, 3.63) is 41.7 Å². The molecule has 2 rings (SSSR count). The lowest BCUT2D eigenvalue weighted by Gasteiger charge is -2.09. The van der Waals surface area contributed by atoms with Crippen molar-refractivity contribution in [1.82, 2.24) is 4.57 Å². The number of aromatic nitrogens is 1. The molecule has 1 aromatic carbocycles. The van der Waals surface area contributed by atoms with Crippen molar-refractivity contribution in [3.63, 3.8) is 0 Å². The zero-order valence-electron chi connectivity index (χ0n) is 12.1. The molecule has 2 N–H and O–H groups in total. The molecule has 0 spiro atoms. The maximum absolute atomic E-state index is 12.3. The molecule has 114 valence electrons. The summed E-state index contributed by atoms with van der Waals surface area (Å²) in [6.45, 7) is 1.62. The van der Waals surface area contributed by atoms with Crippen molar-refractivity contribution in [2.75, 3.05) is 11.8 Å². The summed E-state index contributed by atoms with van der Waals surface area (Å²) in [4.78, 5) is 0.113. The van der Waals surface area contributed by atoms with Gasteiger partial charge in [-0.25, -0.2) is 8.42 Å². The minimum atomic E-state index is -3.68. The van der Waals surface area contributed by atoms with E-state index in [9.17, 15) is 8.42 Å². The zero-order chi connectivity index (χ0) is 15.6. The molecule has 0 saturated heterocycles. The number of nitrogens with zero attached hydrogens (tertiary/aromatic N) is 1.